The Morgan fingerprint density at radius 1 is 0.962 bits per heavy atom. The lowest BCUT2D eigenvalue weighted by atomic mass is 10.1. The van der Waals surface area contributed by atoms with Gasteiger partial charge in [-0.3, -0.25) is 4.79 Å². The van der Waals surface area contributed by atoms with Crippen molar-refractivity contribution in [2.75, 3.05) is 13.2 Å². The van der Waals surface area contributed by atoms with Gasteiger partial charge in [-0.15, -0.1) is 10.2 Å². The van der Waals surface area contributed by atoms with Crippen LogP contribution in [0.25, 0.3) is 11.3 Å². The molecule has 1 amide bonds. The van der Waals surface area contributed by atoms with Gasteiger partial charge in [0.2, 0.25) is 11.8 Å². The van der Waals surface area contributed by atoms with Crippen LogP contribution in [0.3, 0.4) is 0 Å². The molecule has 0 fully saturated rings. The Morgan fingerprint density at radius 2 is 1.73 bits per heavy atom. The van der Waals surface area contributed by atoms with E-state index in [9.17, 15) is 9.18 Å². The van der Waals surface area contributed by atoms with E-state index >= 15 is 0 Å². The number of nitrogens with zero attached hydrogens (tertiary/aromatic N) is 2. The number of rotatable bonds is 7. The smallest absolute Gasteiger partial charge is 0.233 e. The summed E-state index contributed by atoms with van der Waals surface area (Å²) >= 11 is 0. The van der Waals surface area contributed by atoms with Crippen LogP contribution < -0.4 is 10.1 Å². The average molecular weight is 351 g/mol. The van der Waals surface area contributed by atoms with Gasteiger partial charge in [0, 0.05) is 11.6 Å². The fourth-order valence-corrected chi connectivity index (χ4v) is 2.36. The van der Waals surface area contributed by atoms with E-state index in [1.54, 1.807) is 18.2 Å². The minimum atomic E-state index is -0.318. The van der Waals surface area contributed by atoms with Gasteiger partial charge in [-0.1, -0.05) is 42.5 Å². The third kappa shape index (κ3) is 5.11. The van der Waals surface area contributed by atoms with Crippen molar-refractivity contribution in [3.63, 3.8) is 0 Å². The number of carbonyl (C=O) groups is 1. The van der Waals surface area contributed by atoms with E-state index in [1.807, 2.05) is 36.4 Å². The van der Waals surface area contributed by atoms with Crippen molar-refractivity contribution >= 4 is 5.91 Å². The molecule has 0 atom stereocenters. The van der Waals surface area contributed by atoms with Crippen molar-refractivity contribution in [3.05, 3.63) is 78.1 Å². The number of carbonyl (C=O) groups excluding carboxylic acids is 1. The van der Waals surface area contributed by atoms with Crippen LogP contribution in [0.15, 0.2) is 66.7 Å². The summed E-state index contributed by atoms with van der Waals surface area (Å²) < 4.78 is 18.3. The highest BCUT2D eigenvalue weighted by atomic mass is 19.1. The number of hydrogen-bond donors (Lipinski definition) is 1. The molecule has 1 heterocycles. The van der Waals surface area contributed by atoms with Crippen LogP contribution in [0, 0.1) is 5.82 Å². The first-order valence-electron chi connectivity index (χ1n) is 8.24. The lowest BCUT2D eigenvalue weighted by molar-refractivity contribution is -0.120. The fourth-order valence-electron chi connectivity index (χ4n) is 2.36. The second-order valence-electron chi connectivity index (χ2n) is 5.62. The topological polar surface area (TPSA) is 64.1 Å². The predicted octanol–water partition coefficient (Wildman–Crippen LogP) is 3.02. The van der Waals surface area contributed by atoms with Gasteiger partial charge < -0.3 is 10.1 Å². The van der Waals surface area contributed by atoms with Crippen molar-refractivity contribution in [3.8, 4) is 17.1 Å². The molecule has 0 radical (unpaired) electrons. The number of benzene rings is 2. The van der Waals surface area contributed by atoms with Crippen LogP contribution in [-0.2, 0) is 11.2 Å². The second kappa shape index (κ2) is 8.71. The van der Waals surface area contributed by atoms with Crippen LogP contribution in [0.2, 0.25) is 0 Å². The molecule has 0 unspecified atom stereocenters. The van der Waals surface area contributed by atoms with Crippen molar-refractivity contribution in [1.29, 1.82) is 0 Å². The molecule has 0 saturated heterocycles. The average Bonchev–Trinajstić information content (AvgIpc) is 2.68. The summed E-state index contributed by atoms with van der Waals surface area (Å²) in [7, 11) is 0. The maximum Gasteiger partial charge on any atom is 0.233 e. The number of amides is 1. The van der Waals surface area contributed by atoms with Crippen molar-refractivity contribution < 1.29 is 13.9 Å². The van der Waals surface area contributed by atoms with Crippen molar-refractivity contribution in [2.45, 2.75) is 6.42 Å². The molecule has 2 aromatic carbocycles. The molecule has 26 heavy (non-hydrogen) atoms. The lowest BCUT2D eigenvalue weighted by Crippen LogP contribution is -2.29. The summed E-state index contributed by atoms with van der Waals surface area (Å²) in [6, 6.07) is 19.2. The largest absolute Gasteiger partial charge is 0.475 e. The summed E-state index contributed by atoms with van der Waals surface area (Å²) in [5.41, 5.74) is 2.51. The third-order valence-electron chi connectivity index (χ3n) is 3.66. The van der Waals surface area contributed by atoms with Gasteiger partial charge in [-0.05, 0) is 23.8 Å². The summed E-state index contributed by atoms with van der Waals surface area (Å²) in [5.74, 6) is -0.0647. The standard InChI is InChI=1S/C20H18FN3O2/c21-17-8-6-15(7-9-17)14-19(25)22-12-13-26-20-11-10-18(23-24-20)16-4-2-1-3-5-16/h1-11H,12-14H2,(H,22,25). The molecular weight excluding hydrogens is 333 g/mol. The van der Waals surface area contributed by atoms with Gasteiger partial charge in [0.1, 0.15) is 12.4 Å². The first kappa shape index (κ1) is 17.5. The minimum absolute atomic E-state index is 0.147. The molecule has 3 rings (SSSR count). The Hall–Kier alpha value is -3.28. The first-order chi connectivity index (χ1) is 12.7. The van der Waals surface area contributed by atoms with Crippen LogP contribution >= 0.6 is 0 Å². The summed E-state index contributed by atoms with van der Waals surface area (Å²) in [5, 5.41) is 10.9. The molecule has 0 bridgehead atoms. The summed E-state index contributed by atoms with van der Waals surface area (Å²) in [6.07, 6.45) is 0.200. The van der Waals surface area contributed by atoms with E-state index in [1.165, 1.54) is 12.1 Å². The van der Waals surface area contributed by atoms with Gasteiger partial charge >= 0.3 is 0 Å². The lowest BCUT2D eigenvalue weighted by Gasteiger charge is -2.07. The molecular formula is C20H18FN3O2. The number of hydrogen-bond acceptors (Lipinski definition) is 4. The summed E-state index contributed by atoms with van der Waals surface area (Å²) in [4.78, 5) is 11.8. The molecule has 3 aromatic rings. The zero-order chi connectivity index (χ0) is 18.2. The normalized spacial score (nSPS) is 10.3. The maximum atomic E-state index is 12.8. The molecule has 1 aromatic heterocycles. The Balaban J connectivity index is 1.40. The molecule has 0 aliphatic heterocycles. The van der Waals surface area contributed by atoms with Crippen LogP contribution in [0.5, 0.6) is 5.88 Å². The fraction of sp³-hybridized carbons (Fsp3) is 0.150. The van der Waals surface area contributed by atoms with E-state index in [0.29, 0.717) is 12.4 Å². The molecule has 0 spiro atoms. The van der Waals surface area contributed by atoms with Crippen LogP contribution in [-0.4, -0.2) is 29.3 Å². The van der Waals surface area contributed by atoms with E-state index in [2.05, 4.69) is 15.5 Å². The van der Waals surface area contributed by atoms with Crippen LogP contribution in [0.1, 0.15) is 5.56 Å². The van der Waals surface area contributed by atoms with E-state index in [0.717, 1.165) is 16.8 Å². The van der Waals surface area contributed by atoms with Gasteiger partial charge in [0.15, 0.2) is 0 Å². The zero-order valence-electron chi connectivity index (χ0n) is 14.1. The number of halogens is 1. The monoisotopic (exact) mass is 351 g/mol. The molecule has 5 nitrogen and oxygen atoms in total. The number of nitrogens with one attached hydrogen (secondary N) is 1. The van der Waals surface area contributed by atoms with E-state index in [4.69, 9.17) is 4.74 Å². The SMILES string of the molecule is O=C(Cc1ccc(F)cc1)NCCOc1ccc(-c2ccccc2)nn1. The van der Waals surface area contributed by atoms with Crippen molar-refractivity contribution in [2.24, 2.45) is 0 Å². The van der Waals surface area contributed by atoms with Gasteiger partial charge in [0.25, 0.3) is 0 Å². The molecule has 0 aliphatic carbocycles. The molecule has 0 saturated carbocycles. The maximum absolute atomic E-state index is 12.8. The van der Waals surface area contributed by atoms with E-state index in [-0.39, 0.29) is 24.8 Å². The number of ether oxygens (including phenoxy) is 1. The first-order valence-corrected chi connectivity index (χ1v) is 8.24. The third-order valence-corrected chi connectivity index (χ3v) is 3.66. The second-order valence-corrected chi connectivity index (χ2v) is 5.62. The van der Waals surface area contributed by atoms with Crippen molar-refractivity contribution in [1.82, 2.24) is 15.5 Å². The quantitative estimate of drug-likeness (QED) is 0.665. The van der Waals surface area contributed by atoms with Gasteiger partial charge in [-0.25, -0.2) is 4.39 Å². The highest BCUT2D eigenvalue weighted by molar-refractivity contribution is 5.78. The zero-order valence-corrected chi connectivity index (χ0v) is 14.1. The van der Waals surface area contributed by atoms with E-state index < -0.39 is 0 Å². The molecule has 132 valence electrons. The number of aromatic nitrogens is 2. The Morgan fingerprint density at radius 3 is 2.42 bits per heavy atom. The Kier molecular flexibility index (Phi) is 5.88. The van der Waals surface area contributed by atoms with Crippen LogP contribution in [0.4, 0.5) is 4.39 Å². The minimum Gasteiger partial charge on any atom is -0.475 e. The molecule has 1 N–H and O–H groups in total. The van der Waals surface area contributed by atoms with Gasteiger partial charge in [0.05, 0.1) is 18.7 Å². The molecule has 6 heteroatoms. The predicted molar refractivity (Wildman–Crippen MR) is 96.1 cm³/mol. The highest BCUT2D eigenvalue weighted by Gasteiger charge is 2.04. The Labute approximate surface area is 150 Å². The highest BCUT2D eigenvalue weighted by Crippen LogP contribution is 2.16. The summed E-state index contributed by atoms with van der Waals surface area (Å²) in [6.45, 7) is 0.636. The Bertz CT molecular complexity index is 837. The molecule has 0 aliphatic rings. The van der Waals surface area contributed by atoms with Gasteiger partial charge in [-0.2, -0.15) is 0 Å².